The molecule has 1 heterocycles. The maximum absolute atomic E-state index is 11.9. The maximum atomic E-state index is 11.9. The number of halogens is 1. The second-order valence-electron chi connectivity index (χ2n) is 5.01. The lowest BCUT2D eigenvalue weighted by Crippen LogP contribution is -2.21. The molecule has 22 heavy (non-hydrogen) atoms. The Balaban J connectivity index is 1.97. The van der Waals surface area contributed by atoms with E-state index in [1.165, 1.54) is 0 Å². The smallest absolute Gasteiger partial charge is 0.253 e. The van der Waals surface area contributed by atoms with Crippen LogP contribution in [0.5, 0.6) is 0 Å². The summed E-state index contributed by atoms with van der Waals surface area (Å²) in [6.45, 7) is 0.645. The molecular weight excluding hydrogens is 302 g/mol. The maximum Gasteiger partial charge on any atom is 0.253 e. The van der Waals surface area contributed by atoms with Gasteiger partial charge in [-0.1, -0.05) is 23.7 Å². The molecule has 0 radical (unpaired) electrons. The molecule has 0 aliphatic carbocycles. The molecule has 6 nitrogen and oxygen atoms in total. The van der Waals surface area contributed by atoms with Crippen LogP contribution in [0.25, 0.3) is 0 Å². The van der Waals surface area contributed by atoms with Gasteiger partial charge in [-0.15, -0.1) is 0 Å². The van der Waals surface area contributed by atoms with Gasteiger partial charge in [-0.05, 0) is 24.1 Å². The first-order valence-electron chi connectivity index (χ1n) is 6.80. The molecule has 0 unspecified atom stereocenters. The number of nitrogen functional groups attached to an aromatic ring is 1. The summed E-state index contributed by atoms with van der Waals surface area (Å²) < 4.78 is 0. The third kappa shape index (κ3) is 4.33. The highest BCUT2D eigenvalue weighted by atomic mass is 35.5. The Hall–Kier alpha value is -2.34. The van der Waals surface area contributed by atoms with Gasteiger partial charge in [0.2, 0.25) is 5.95 Å². The van der Waals surface area contributed by atoms with Crippen LogP contribution < -0.4 is 11.1 Å². The van der Waals surface area contributed by atoms with E-state index >= 15 is 0 Å². The largest absolute Gasteiger partial charge is 0.370 e. The summed E-state index contributed by atoms with van der Waals surface area (Å²) in [5.74, 6) is 0.705. The zero-order valence-corrected chi connectivity index (χ0v) is 13.3. The molecule has 0 saturated heterocycles. The van der Waals surface area contributed by atoms with E-state index in [9.17, 15) is 4.79 Å². The lowest BCUT2D eigenvalue weighted by atomic mass is 10.1. The third-order valence-corrected chi connectivity index (χ3v) is 3.21. The van der Waals surface area contributed by atoms with Gasteiger partial charge in [0, 0.05) is 32.3 Å². The second kappa shape index (κ2) is 7.09. The molecule has 0 saturated carbocycles. The Bertz CT molecular complexity index is 654. The van der Waals surface area contributed by atoms with Crippen LogP contribution in [0.15, 0.2) is 30.3 Å². The molecule has 2 aromatic rings. The Kier molecular flexibility index (Phi) is 5.16. The lowest BCUT2D eigenvalue weighted by Gasteiger charge is -2.11. The number of benzene rings is 1. The molecule has 1 amide bonds. The van der Waals surface area contributed by atoms with Crippen molar-refractivity contribution in [1.29, 1.82) is 0 Å². The van der Waals surface area contributed by atoms with Gasteiger partial charge in [0.15, 0.2) is 0 Å². The number of hydrogen-bond donors (Lipinski definition) is 2. The number of rotatable bonds is 5. The predicted octanol–water partition coefficient (Wildman–Crippen LogP) is 2.07. The molecule has 0 fully saturated rings. The number of carbonyl (C=O) groups excluding carboxylic acids is 1. The fourth-order valence-corrected chi connectivity index (χ4v) is 2.17. The molecule has 0 atom stereocenters. The first kappa shape index (κ1) is 16.0. The van der Waals surface area contributed by atoms with Crippen molar-refractivity contribution in [2.24, 2.45) is 0 Å². The van der Waals surface area contributed by atoms with E-state index in [1.54, 1.807) is 25.1 Å². The number of nitrogens with zero attached hydrogens (tertiary/aromatic N) is 3. The highest BCUT2D eigenvalue weighted by Gasteiger charge is 2.08. The van der Waals surface area contributed by atoms with E-state index in [-0.39, 0.29) is 11.9 Å². The SMILES string of the molecule is CN(C)C(=O)c1cccc(CCNc2cc(Cl)nc(N)n2)c1. The van der Waals surface area contributed by atoms with Crippen LogP contribution in [0.1, 0.15) is 15.9 Å². The molecule has 3 N–H and O–H groups in total. The summed E-state index contributed by atoms with van der Waals surface area (Å²) >= 11 is 5.82. The van der Waals surface area contributed by atoms with Crippen LogP contribution in [0.2, 0.25) is 5.15 Å². The molecule has 0 aliphatic rings. The highest BCUT2D eigenvalue weighted by Crippen LogP contribution is 2.13. The van der Waals surface area contributed by atoms with Crippen LogP contribution in [-0.4, -0.2) is 41.4 Å². The molecule has 0 spiro atoms. The minimum Gasteiger partial charge on any atom is -0.370 e. The molecule has 0 bridgehead atoms. The van der Waals surface area contributed by atoms with Crippen molar-refractivity contribution in [3.63, 3.8) is 0 Å². The van der Waals surface area contributed by atoms with Gasteiger partial charge in [0.1, 0.15) is 11.0 Å². The van der Waals surface area contributed by atoms with Gasteiger partial charge < -0.3 is 16.0 Å². The molecule has 1 aromatic heterocycles. The van der Waals surface area contributed by atoms with Crippen LogP contribution in [-0.2, 0) is 6.42 Å². The summed E-state index contributed by atoms with van der Waals surface area (Å²) in [6.07, 6.45) is 0.746. The number of aromatic nitrogens is 2. The monoisotopic (exact) mass is 319 g/mol. The number of nitrogens with one attached hydrogen (secondary N) is 1. The van der Waals surface area contributed by atoms with E-state index < -0.39 is 0 Å². The van der Waals surface area contributed by atoms with Crippen molar-refractivity contribution in [1.82, 2.24) is 14.9 Å². The van der Waals surface area contributed by atoms with Crippen LogP contribution >= 0.6 is 11.6 Å². The lowest BCUT2D eigenvalue weighted by molar-refractivity contribution is 0.0827. The van der Waals surface area contributed by atoms with Crippen molar-refractivity contribution in [2.45, 2.75) is 6.42 Å². The van der Waals surface area contributed by atoms with Gasteiger partial charge in [-0.2, -0.15) is 4.98 Å². The van der Waals surface area contributed by atoms with Gasteiger partial charge in [-0.25, -0.2) is 4.98 Å². The summed E-state index contributed by atoms with van der Waals surface area (Å²) in [6, 6.07) is 9.18. The molecule has 2 rings (SSSR count). The average molecular weight is 320 g/mol. The topological polar surface area (TPSA) is 84.1 Å². The Morgan fingerprint density at radius 2 is 2.09 bits per heavy atom. The number of amides is 1. The zero-order chi connectivity index (χ0) is 16.1. The normalized spacial score (nSPS) is 10.3. The minimum atomic E-state index is -0.00911. The van der Waals surface area contributed by atoms with E-state index in [1.807, 2.05) is 24.3 Å². The second-order valence-corrected chi connectivity index (χ2v) is 5.40. The fraction of sp³-hybridized carbons (Fsp3) is 0.267. The van der Waals surface area contributed by atoms with Gasteiger partial charge in [0.25, 0.3) is 5.91 Å². The summed E-state index contributed by atoms with van der Waals surface area (Å²) in [5, 5.41) is 3.43. The number of hydrogen-bond acceptors (Lipinski definition) is 5. The molecule has 0 aliphatic heterocycles. The zero-order valence-electron chi connectivity index (χ0n) is 12.5. The van der Waals surface area contributed by atoms with E-state index in [2.05, 4.69) is 15.3 Å². The van der Waals surface area contributed by atoms with Crippen molar-refractivity contribution in [2.75, 3.05) is 31.7 Å². The Labute approximate surface area is 134 Å². The van der Waals surface area contributed by atoms with Crippen molar-refractivity contribution in [3.8, 4) is 0 Å². The van der Waals surface area contributed by atoms with Gasteiger partial charge >= 0.3 is 0 Å². The van der Waals surface area contributed by atoms with Crippen molar-refractivity contribution < 1.29 is 4.79 Å². The Morgan fingerprint density at radius 3 is 2.77 bits per heavy atom. The molecular formula is C15H18ClN5O. The number of carbonyl (C=O) groups is 1. The summed E-state index contributed by atoms with van der Waals surface area (Å²) in [5.41, 5.74) is 7.28. The summed E-state index contributed by atoms with van der Waals surface area (Å²) in [7, 11) is 3.47. The quantitative estimate of drug-likeness (QED) is 0.824. The average Bonchev–Trinajstić information content (AvgIpc) is 2.45. The first-order valence-corrected chi connectivity index (χ1v) is 7.18. The van der Waals surface area contributed by atoms with E-state index in [4.69, 9.17) is 17.3 Å². The van der Waals surface area contributed by atoms with Gasteiger partial charge in [0.05, 0.1) is 0 Å². The molecule has 1 aromatic carbocycles. The predicted molar refractivity (Wildman–Crippen MR) is 88.1 cm³/mol. The van der Waals surface area contributed by atoms with Crippen molar-refractivity contribution >= 4 is 29.3 Å². The molecule has 7 heteroatoms. The fourth-order valence-electron chi connectivity index (χ4n) is 1.98. The first-order chi connectivity index (χ1) is 10.5. The third-order valence-electron chi connectivity index (χ3n) is 3.01. The summed E-state index contributed by atoms with van der Waals surface area (Å²) in [4.78, 5) is 21.3. The van der Waals surface area contributed by atoms with Gasteiger partial charge in [-0.3, -0.25) is 4.79 Å². The number of nitrogens with two attached hydrogens (primary N) is 1. The molecule has 116 valence electrons. The Morgan fingerprint density at radius 1 is 1.32 bits per heavy atom. The minimum absolute atomic E-state index is 0.00911. The van der Waals surface area contributed by atoms with Crippen molar-refractivity contribution in [3.05, 3.63) is 46.6 Å². The van der Waals surface area contributed by atoms with E-state index in [0.29, 0.717) is 23.1 Å². The van der Waals surface area contributed by atoms with Crippen LogP contribution in [0.4, 0.5) is 11.8 Å². The van der Waals surface area contributed by atoms with Crippen LogP contribution in [0.3, 0.4) is 0 Å². The standard InChI is InChI=1S/C15H18ClN5O/c1-21(2)14(22)11-5-3-4-10(8-11)6-7-18-13-9-12(16)19-15(17)20-13/h3-5,8-9H,6-7H2,1-2H3,(H3,17,18,19,20). The highest BCUT2D eigenvalue weighted by molar-refractivity contribution is 6.29. The van der Waals surface area contributed by atoms with Crippen LogP contribution in [0, 0.1) is 0 Å². The number of anilines is 2. The van der Waals surface area contributed by atoms with E-state index in [0.717, 1.165) is 12.0 Å².